The molecule has 1 aromatic rings. The molecular formula is C14H17BrClFN2S. The van der Waals surface area contributed by atoms with Gasteiger partial charge in [-0.3, -0.25) is 4.99 Å². The van der Waals surface area contributed by atoms with Crippen LogP contribution < -0.4 is 5.32 Å². The molecule has 0 saturated heterocycles. The number of aliphatic imine (C=N–C) groups is 1. The Hall–Kier alpha value is -0.260. The van der Waals surface area contributed by atoms with Gasteiger partial charge >= 0.3 is 0 Å². The van der Waals surface area contributed by atoms with Crippen LogP contribution in [0.3, 0.4) is 0 Å². The zero-order chi connectivity index (χ0) is 14.9. The van der Waals surface area contributed by atoms with Crippen LogP contribution in [0, 0.1) is 11.2 Å². The van der Waals surface area contributed by atoms with Crippen LogP contribution in [0.1, 0.15) is 27.2 Å². The van der Waals surface area contributed by atoms with E-state index in [2.05, 4.69) is 47.0 Å². The molecule has 2 nitrogen and oxygen atoms in total. The second kappa shape index (κ2) is 6.24. The summed E-state index contributed by atoms with van der Waals surface area (Å²) in [5, 5.41) is 4.86. The van der Waals surface area contributed by atoms with Gasteiger partial charge in [-0.15, -0.1) is 0 Å². The lowest BCUT2D eigenvalue weighted by Gasteiger charge is -2.21. The first kappa shape index (κ1) is 16.1. The highest BCUT2D eigenvalue weighted by Gasteiger charge is 2.25. The molecule has 1 unspecified atom stereocenters. The van der Waals surface area contributed by atoms with Crippen LogP contribution in [0.15, 0.2) is 21.6 Å². The molecule has 0 amide bonds. The van der Waals surface area contributed by atoms with E-state index in [-0.39, 0.29) is 11.2 Å². The Morgan fingerprint density at radius 2 is 2.20 bits per heavy atom. The number of amidine groups is 1. The third-order valence-electron chi connectivity index (χ3n) is 2.80. The number of benzene rings is 1. The summed E-state index contributed by atoms with van der Waals surface area (Å²) in [6, 6.07) is 2.68. The van der Waals surface area contributed by atoms with E-state index in [1.165, 1.54) is 12.1 Å². The maximum absolute atomic E-state index is 13.2. The summed E-state index contributed by atoms with van der Waals surface area (Å²) in [7, 11) is 0. The van der Waals surface area contributed by atoms with Crippen molar-refractivity contribution in [1.82, 2.24) is 0 Å². The topological polar surface area (TPSA) is 24.4 Å². The second-order valence-corrected chi connectivity index (χ2v) is 8.57. The molecule has 0 spiro atoms. The third kappa shape index (κ3) is 4.37. The lowest BCUT2D eigenvalue weighted by atomic mass is 9.90. The number of hydrogen-bond acceptors (Lipinski definition) is 3. The molecule has 0 aliphatic carbocycles. The van der Waals surface area contributed by atoms with E-state index in [1.54, 1.807) is 11.8 Å². The van der Waals surface area contributed by atoms with Crippen molar-refractivity contribution in [3.63, 3.8) is 0 Å². The van der Waals surface area contributed by atoms with Gasteiger partial charge in [0.15, 0.2) is 5.17 Å². The van der Waals surface area contributed by atoms with Gasteiger partial charge in [-0.05, 0) is 39.9 Å². The van der Waals surface area contributed by atoms with Gasteiger partial charge in [0.25, 0.3) is 0 Å². The summed E-state index contributed by atoms with van der Waals surface area (Å²) in [4.78, 5) is 4.50. The molecule has 110 valence electrons. The number of anilines is 1. The number of nitrogens with zero attached hydrogens (tertiary/aromatic N) is 1. The van der Waals surface area contributed by atoms with Gasteiger partial charge in [-0.2, -0.15) is 0 Å². The largest absolute Gasteiger partial charge is 0.333 e. The van der Waals surface area contributed by atoms with Gasteiger partial charge in [-0.1, -0.05) is 44.1 Å². The Morgan fingerprint density at radius 3 is 2.80 bits per heavy atom. The molecule has 1 aliphatic rings. The predicted octanol–water partition coefficient (Wildman–Crippen LogP) is 5.56. The monoisotopic (exact) mass is 378 g/mol. The van der Waals surface area contributed by atoms with E-state index in [9.17, 15) is 4.39 Å². The fraction of sp³-hybridized carbons (Fsp3) is 0.500. The Balaban J connectivity index is 2.03. The molecule has 20 heavy (non-hydrogen) atoms. The van der Waals surface area contributed by atoms with Crippen LogP contribution in [0.5, 0.6) is 0 Å². The van der Waals surface area contributed by atoms with Gasteiger partial charge in [0.05, 0.1) is 17.3 Å². The summed E-state index contributed by atoms with van der Waals surface area (Å²) in [6.45, 7) is 7.49. The van der Waals surface area contributed by atoms with Crippen molar-refractivity contribution in [2.75, 3.05) is 11.9 Å². The molecule has 0 fully saturated rings. The maximum Gasteiger partial charge on any atom is 0.161 e. The van der Waals surface area contributed by atoms with Crippen molar-refractivity contribution in [3.05, 3.63) is 27.4 Å². The first-order valence-corrected chi connectivity index (χ1v) is 8.42. The highest BCUT2D eigenvalue weighted by Crippen LogP contribution is 2.36. The van der Waals surface area contributed by atoms with Crippen molar-refractivity contribution in [3.8, 4) is 0 Å². The normalized spacial score (nSPS) is 19.1. The van der Waals surface area contributed by atoms with Crippen molar-refractivity contribution in [1.29, 1.82) is 0 Å². The summed E-state index contributed by atoms with van der Waals surface area (Å²) in [5.74, 6) is -0.362. The lowest BCUT2D eigenvalue weighted by molar-refractivity contribution is 0.375. The zero-order valence-corrected chi connectivity index (χ0v) is 14.8. The molecule has 1 atom stereocenters. The minimum absolute atomic E-state index is 0.288. The Bertz CT molecular complexity index is 519. The molecule has 0 bridgehead atoms. The fourth-order valence-corrected chi connectivity index (χ4v) is 4.30. The maximum atomic E-state index is 13.2. The van der Waals surface area contributed by atoms with Gasteiger partial charge in [-0.25, -0.2) is 4.39 Å². The van der Waals surface area contributed by atoms with E-state index in [1.807, 2.05) is 0 Å². The first-order chi connectivity index (χ1) is 9.24. The molecule has 0 aromatic heterocycles. The van der Waals surface area contributed by atoms with E-state index < -0.39 is 0 Å². The molecular weight excluding hydrogens is 363 g/mol. The zero-order valence-electron chi connectivity index (χ0n) is 11.6. The van der Waals surface area contributed by atoms with Crippen LogP contribution in [0.2, 0.25) is 5.02 Å². The van der Waals surface area contributed by atoms with Crippen molar-refractivity contribution in [2.24, 2.45) is 10.4 Å². The number of thioether (sulfide) groups is 1. The fourth-order valence-electron chi connectivity index (χ4n) is 2.04. The first-order valence-electron chi connectivity index (χ1n) is 6.37. The van der Waals surface area contributed by atoms with Gasteiger partial charge < -0.3 is 5.32 Å². The SMILES string of the molecule is CC(C)(C)CC1CN=C(Nc2c(Cl)cc(F)cc2Br)S1. The minimum Gasteiger partial charge on any atom is -0.333 e. The molecule has 2 rings (SSSR count). The smallest absolute Gasteiger partial charge is 0.161 e. The average Bonchev–Trinajstić information content (AvgIpc) is 2.68. The Kier molecular flexibility index (Phi) is 5.03. The van der Waals surface area contributed by atoms with Gasteiger partial charge in [0.1, 0.15) is 5.82 Å². The summed E-state index contributed by atoms with van der Waals surface area (Å²) in [5.41, 5.74) is 0.951. The van der Waals surface area contributed by atoms with Crippen molar-refractivity contribution in [2.45, 2.75) is 32.4 Å². The van der Waals surface area contributed by atoms with Crippen LogP contribution in [0.4, 0.5) is 10.1 Å². The van der Waals surface area contributed by atoms with E-state index in [4.69, 9.17) is 11.6 Å². The standard InChI is InChI=1S/C14H17BrClFN2S/c1-14(2,3)6-9-7-18-13(20-9)19-12-10(15)4-8(17)5-11(12)16/h4-5,9H,6-7H2,1-3H3,(H,18,19). The van der Waals surface area contributed by atoms with Crippen molar-refractivity contribution < 1.29 is 4.39 Å². The third-order valence-corrected chi connectivity index (χ3v) is 4.82. The average molecular weight is 380 g/mol. The number of halogens is 3. The molecule has 1 heterocycles. The van der Waals surface area contributed by atoms with Crippen LogP contribution in [0.25, 0.3) is 0 Å². The van der Waals surface area contributed by atoms with Crippen molar-refractivity contribution >= 4 is 50.1 Å². The molecule has 1 aromatic carbocycles. The molecule has 0 radical (unpaired) electrons. The quantitative estimate of drug-likeness (QED) is 0.727. The van der Waals surface area contributed by atoms with Crippen LogP contribution in [-0.2, 0) is 0 Å². The minimum atomic E-state index is -0.362. The van der Waals surface area contributed by atoms with Crippen LogP contribution in [-0.4, -0.2) is 17.0 Å². The summed E-state index contributed by atoms with van der Waals surface area (Å²) < 4.78 is 13.8. The number of rotatable bonds is 2. The van der Waals surface area contributed by atoms with Crippen LogP contribution >= 0.6 is 39.3 Å². The molecule has 1 N–H and O–H groups in total. The van der Waals surface area contributed by atoms with E-state index in [0.29, 0.717) is 20.4 Å². The van der Waals surface area contributed by atoms with E-state index >= 15 is 0 Å². The molecule has 1 aliphatic heterocycles. The van der Waals surface area contributed by atoms with E-state index in [0.717, 1.165) is 18.1 Å². The van der Waals surface area contributed by atoms with Gasteiger partial charge in [0.2, 0.25) is 0 Å². The number of hydrogen-bond donors (Lipinski definition) is 1. The summed E-state index contributed by atoms with van der Waals surface area (Å²) >= 11 is 11.1. The number of nitrogens with one attached hydrogen (secondary N) is 1. The Labute approximate surface area is 136 Å². The Morgan fingerprint density at radius 1 is 1.50 bits per heavy atom. The molecule has 6 heteroatoms. The lowest BCUT2D eigenvalue weighted by Crippen LogP contribution is -2.16. The highest BCUT2D eigenvalue weighted by molar-refractivity contribution is 9.10. The summed E-state index contributed by atoms with van der Waals surface area (Å²) in [6.07, 6.45) is 1.10. The van der Waals surface area contributed by atoms with Gasteiger partial charge in [0, 0.05) is 9.72 Å². The molecule has 0 saturated carbocycles. The predicted molar refractivity (Wildman–Crippen MR) is 90.5 cm³/mol. The highest BCUT2D eigenvalue weighted by atomic mass is 79.9. The second-order valence-electron chi connectivity index (χ2n) is 6.02.